The number of hydrogen-bond donors (Lipinski definition) is 0. The highest BCUT2D eigenvalue weighted by Crippen LogP contribution is 2.18. The third-order valence-electron chi connectivity index (χ3n) is 4.72. The summed E-state index contributed by atoms with van der Waals surface area (Å²) >= 11 is 0. The lowest BCUT2D eigenvalue weighted by Crippen LogP contribution is -2.50. The molecule has 4 nitrogen and oxygen atoms in total. The highest BCUT2D eigenvalue weighted by atomic mass is 35.5. The largest absolute Gasteiger partial charge is 0.489 e. The van der Waals surface area contributed by atoms with Crippen molar-refractivity contribution in [1.82, 2.24) is 14.8 Å². The van der Waals surface area contributed by atoms with Crippen LogP contribution in [0.3, 0.4) is 0 Å². The lowest BCUT2D eigenvalue weighted by molar-refractivity contribution is 0.0812. The summed E-state index contributed by atoms with van der Waals surface area (Å²) in [6, 6.07) is 13.1. The van der Waals surface area contributed by atoms with Crippen molar-refractivity contribution >= 4 is 12.4 Å². The zero-order valence-electron chi connectivity index (χ0n) is 15.1. The van der Waals surface area contributed by atoms with Gasteiger partial charge in [0.25, 0.3) is 0 Å². The molecule has 3 rings (SSSR count). The molecule has 1 aromatic heterocycles. The Morgan fingerprint density at radius 2 is 1.92 bits per heavy atom. The average molecular weight is 362 g/mol. The molecule has 25 heavy (non-hydrogen) atoms. The van der Waals surface area contributed by atoms with Gasteiger partial charge in [-0.3, -0.25) is 9.88 Å². The van der Waals surface area contributed by atoms with Gasteiger partial charge in [-0.15, -0.1) is 12.4 Å². The molecule has 136 valence electrons. The van der Waals surface area contributed by atoms with E-state index in [1.807, 2.05) is 18.3 Å². The van der Waals surface area contributed by atoms with E-state index >= 15 is 0 Å². The zero-order valence-corrected chi connectivity index (χ0v) is 15.9. The van der Waals surface area contributed by atoms with Gasteiger partial charge >= 0.3 is 0 Å². The van der Waals surface area contributed by atoms with Crippen LogP contribution in [0.5, 0.6) is 5.75 Å². The fourth-order valence-corrected chi connectivity index (χ4v) is 3.22. The van der Waals surface area contributed by atoms with E-state index in [1.165, 1.54) is 18.5 Å². The van der Waals surface area contributed by atoms with Crippen LogP contribution in [-0.4, -0.2) is 47.5 Å². The molecular formula is C20H28ClN3O. The molecule has 0 spiro atoms. The van der Waals surface area contributed by atoms with Crippen molar-refractivity contribution in [3.05, 3.63) is 59.9 Å². The first kappa shape index (κ1) is 19.7. The lowest BCUT2D eigenvalue weighted by Gasteiger charge is -2.39. The molecule has 1 fully saturated rings. The predicted octanol–water partition coefficient (Wildman–Crippen LogP) is 3.61. The number of benzene rings is 1. The maximum atomic E-state index is 5.83. The van der Waals surface area contributed by atoms with Crippen LogP contribution in [0.2, 0.25) is 0 Å². The second kappa shape index (κ2) is 9.76. The van der Waals surface area contributed by atoms with Gasteiger partial charge in [-0.1, -0.05) is 25.1 Å². The minimum atomic E-state index is 0. The van der Waals surface area contributed by atoms with E-state index in [2.05, 4.69) is 53.0 Å². The van der Waals surface area contributed by atoms with E-state index in [0.717, 1.165) is 30.9 Å². The topological polar surface area (TPSA) is 28.6 Å². The van der Waals surface area contributed by atoms with Gasteiger partial charge in [0, 0.05) is 50.2 Å². The average Bonchev–Trinajstić information content (AvgIpc) is 2.63. The second-order valence-electron chi connectivity index (χ2n) is 6.59. The molecule has 2 heterocycles. The summed E-state index contributed by atoms with van der Waals surface area (Å²) < 4.78 is 5.83. The van der Waals surface area contributed by atoms with Crippen LogP contribution in [-0.2, 0) is 13.2 Å². The normalized spacial score (nSPS) is 18.6. The van der Waals surface area contributed by atoms with Gasteiger partial charge in [0.1, 0.15) is 12.4 Å². The molecule has 1 unspecified atom stereocenters. The third kappa shape index (κ3) is 5.70. The number of nitrogens with zero attached hydrogens (tertiary/aromatic N) is 3. The smallest absolute Gasteiger partial charge is 0.119 e. The van der Waals surface area contributed by atoms with Crippen molar-refractivity contribution in [1.29, 1.82) is 0 Å². The summed E-state index contributed by atoms with van der Waals surface area (Å²) in [5, 5.41) is 0. The number of rotatable bonds is 6. The lowest BCUT2D eigenvalue weighted by atomic mass is 10.1. The standard InChI is InChI=1S/C20H27N3O.ClH/c1-3-19-15-22(2)11-12-23(19)14-17-6-8-20(9-7-17)24-16-18-5-4-10-21-13-18;/h4-10,13,19H,3,11-12,14-16H2,1-2H3;1H. The molecule has 0 saturated carbocycles. The Hall–Kier alpha value is -1.62. The Balaban J connectivity index is 0.00000225. The van der Waals surface area contributed by atoms with Crippen LogP contribution in [0, 0.1) is 0 Å². The van der Waals surface area contributed by atoms with Gasteiger partial charge in [0.05, 0.1) is 0 Å². The Labute approximate surface area is 157 Å². The first-order valence-electron chi connectivity index (χ1n) is 8.78. The molecule has 2 aromatic rings. The van der Waals surface area contributed by atoms with Crippen LogP contribution in [0.4, 0.5) is 0 Å². The van der Waals surface area contributed by atoms with Gasteiger partial charge in [0.2, 0.25) is 0 Å². The number of likely N-dealkylation sites (N-methyl/N-ethyl adjacent to an activating group) is 1. The van der Waals surface area contributed by atoms with Crippen LogP contribution < -0.4 is 4.74 Å². The Kier molecular flexibility index (Phi) is 7.69. The van der Waals surface area contributed by atoms with E-state index in [4.69, 9.17) is 4.74 Å². The van der Waals surface area contributed by atoms with Gasteiger partial charge in [-0.25, -0.2) is 0 Å². The minimum Gasteiger partial charge on any atom is -0.489 e. The highest BCUT2D eigenvalue weighted by Gasteiger charge is 2.23. The monoisotopic (exact) mass is 361 g/mol. The number of piperazine rings is 1. The van der Waals surface area contributed by atoms with Crippen LogP contribution in [0.15, 0.2) is 48.8 Å². The Morgan fingerprint density at radius 1 is 1.12 bits per heavy atom. The summed E-state index contributed by atoms with van der Waals surface area (Å²) in [6.45, 7) is 7.34. The van der Waals surface area contributed by atoms with E-state index in [-0.39, 0.29) is 12.4 Å². The van der Waals surface area contributed by atoms with Gasteiger partial charge in [-0.2, -0.15) is 0 Å². The number of ether oxygens (including phenoxy) is 1. The number of hydrogen-bond acceptors (Lipinski definition) is 4. The summed E-state index contributed by atoms with van der Waals surface area (Å²) in [5.74, 6) is 0.910. The molecule has 1 aliphatic rings. The maximum absolute atomic E-state index is 5.83. The molecular weight excluding hydrogens is 334 g/mol. The third-order valence-corrected chi connectivity index (χ3v) is 4.72. The van der Waals surface area contributed by atoms with Gasteiger partial charge in [-0.05, 0) is 37.2 Å². The summed E-state index contributed by atoms with van der Waals surface area (Å²) in [6.07, 6.45) is 4.82. The molecule has 1 atom stereocenters. The van der Waals surface area contributed by atoms with Crippen LogP contribution in [0.1, 0.15) is 24.5 Å². The van der Waals surface area contributed by atoms with Gasteiger partial charge < -0.3 is 9.64 Å². The number of pyridine rings is 1. The van der Waals surface area contributed by atoms with Crippen molar-refractivity contribution in [3.8, 4) is 5.75 Å². The molecule has 0 aliphatic carbocycles. The van der Waals surface area contributed by atoms with E-state index in [1.54, 1.807) is 6.20 Å². The molecule has 5 heteroatoms. The van der Waals surface area contributed by atoms with Crippen molar-refractivity contribution in [3.63, 3.8) is 0 Å². The molecule has 1 aromatic carbocycles. The van der Waals surface area contributed by atoms with Crippen molar-refractivity contribution in [2.75, 3.05) is 26.7 Å². The van der Waals surface area contributed by atoms with Crippen LogP contribution >= 0.6 is 12.4 Å². The summed E-state index contributed by atoms with van der Waals surface area (Å²) in [4.78, 5) is 9.14. The molecule has 1 aliphatic heterocycles. The van der Waals surface area contributed by atoms with Gasteiger partial charge in [0.15, 0.2) is 0 Å². The molecule has 0 radical (unpaired) electrons. The summed E-state index contributed by atoms with van der Waals surface area (Å²) in [7, 11) is 2.22. The van der Waals surface area contributed by atoms with Crippen molar-refractivity contribution < 1.29 is 4.74 Å². The zero-order chi connectivity index (χ0) is 16.8. The Bertz CT molecular complexity index is 621. The van der Waals surface area contributed by atoms with E-state index < -0.39 is 0 Å². The van der Waals surface area contributed by atoms with E-state index in [0.29, 0.717) is 12.6 Å². The minimum absolute atomic E-state index is 0. The number of aromatic nitrogens is 1. The Morgan fingerprint density at radius 3 is 2.60 bits per heavy atom. The fourth-order valence-electron chi connectivity index (χ4n) is 3.22. The highest BCUT2D eigenvalue weighted by molar-refractivity contribution is 5.85. The molecule has 1 saturated heterocycles. The fraction of sp³-hybridized carbons (Fsp3) is 0.450. The maximum Gasteiger partial charge on any atom is 0.119 e. The first-order chi connectivity index (χ1) is 11.7. The number of halogens is 1. The second-order valence-corrected chi connectivity index (χ2v) is 6.59. The van der Waals surface area contributed by atoms with Crippen LogP contribution in [0.25, 0.3) is 0 Å². The van der Waals surface area contributed by atoms with Crippen molar-refractivity contribution in [2.24, 2.45) is 0 Å². The SMILES string of the molecule is CCC1CN(C)CCN1Cc1ccc(OCc2cccnc2)cc1.Cl. The summed E-state index contributed by atoms with van der Waals surface area (Å²) in [5.41, 5.74) is 2.44. The molecule has 0 bridgehead atoms. The first-order valence-corrected chi connectivity index (χ1v) is 8.78. The van der Waals surface area contributed by atoms with E-state index in [9.17, 15) is 0 Å². The predicted molar refractivity (Wildman–Crippen MR) is 104 cm³/mol. The molecule has 0 amide bonds. The quantitative estimate of drug-likeness (QED) is 0.785. The molecule has 0 N–H and O–H groups in total. The van der Waals surface area contributed by atoms with Crippen molar-refractivity contribution in [2.45, 2.75) is 32.5 Å².